The van der Waals surface area contributed by atoms with Gasteiger partial charge in [-0.2, -0.15) is 0 Å². The van der Waals surface area contributed by atoms with Crippen molar-refractivity contribution in [1.82, 2.24) is 14.9 Å². The maximum absolute atomic E-state index is 5.95. The zero-order valence-electron chi connectivity index (χ0n) is 11.4. The molecular weight excluding hydrogens is 354 g/mol. The third kappa shape index (κ3) is 3.73. The first kappa shape index (κ1) is 14.8. The molecule has 1 saturated heterocycles. The van der Waals surface area contributed by atoms with Gasteiger partial charge < -0.3 is 4.74 Å². The van der Waals surface area contributed by atoms with E-state index in [2.05, 4.69) is 55.1 Å². The summed E-state index contributed by atoms with van der Waals surface area (Å²) in [7, 11) is 0. The van der Waals surface area contributed by atoms with Crippen LogP contribution in [0.2, 0.25) is 5.15 Å². The number of halogens is 2. The summed E-state index contributed by atoms with van der Waals surface area (Å²) in [5, 5.41) is 0.374. The predicted octanol–water partition coefficient (Wildman–Crippen LogP) is 3.55. The van der Waals surface area contributed by atoms with Crippen LogP contribution in [0.15, 0.2) is 41.1 Å². The van der Waals surface area contributed by atoms with E-state index in [9.17, 15) is 0 Å². The van der Waals surface area contributed by atoms with Crippen LogP contribution in [0.5, 0.6) is 5.88 Å². The molecular formula is C15H15BrClN3O. The normalized spacial score (nSPS) is 18.9. The highest BCUT2D eigenvalue weighted by molar-refractivity contribution is 9.10. The minimum atomic E-state index is 0.135. The number of ether oxygens (including phenoxy) is 1. The van der Waals surface area contributed by atoms with Gasteiger partial charge in [-0.1, -0.05) is 41.9 Å². The summed E-state index contributed by atoms with van der Waals surface area (Å²) in [6.07, 6.45) is 2.54. The van der Waals surface area contributed by atoms with Crippen molar-refractivity contribution in [2.45, 2.75) is 19.1 Å². The lowest BCUT2D eigenvalue weighted by Gasteiger charge is -2.17. The molecule has 1 fully saturated rings. The molecule has 0 saturated carbocycles. The Morgan fingerprint density at radius 1 is 1.29 bits per heavy atom. The Balaban J connectivity index is 1.59. The van der Waals surface area contributed by atoms with E-state index in [1.165, 1.54) is 11.9 Å². The predicted molar refractivity (Wildman–Crippen MR) is 85.5 cm³/mol. The zero-order chi connectivity index (χ0) is 14.7. The number of rotatable bonds is 4. The van der Waals surface area contributed by atoms with Crippen LogP contribution in [-0.4, -0.2) is 34.1 Å². The molecule has 0 amide bonds. The van der Waals surface area contributed by atoms with E-state index in [1.807, 2.05) is 6.07 Å². The zero-order valence-corrected chi connectivity index (χ0v) is 13.7. The maximum Gasteiger partial charge on any atom is 0.232 e. The second-order valence-electron chi connectivity index (χ2n) is 5.03. The Hall–Kier alpha value is -1.17. The Kier molecular flexibility index (Phi) is 4.73. The molecule has 1 aromatic carbocycles. The molecule has 2 aromatic rings. The summed E-state index contributed by atoms with van der Waals surface area (Å²) in [5.41, 5.74) is 1.32. The second kappa shape index (κ2) is 6.73. The lowest BCUT2D eigenvalue weighted by molar-refractivity contribution is 0.189. The van der Waals surface area contributed by atoms with E-state index in [0.29, 0.717) is 15.5 Å². The van der Waals surface area contributed by atoms with Crippen LogP contribution >= 0.6 is 27.5 Å². The Bertz CT molecular complexity index is 611. The lowest BCUT2D eigenvalue weighted by Crippen LogP contribution is -2.24. The third-order valence-electron chi connectivity index (χ3n) is 3.47. The summed E-state index contributed by atoms with van der Waals surface area (Å²) in [4.78, 5) is 10.4. The molecule has 0 aliphatic carbocycles. The summed E-state index contributed by atoms with van der Waals surface area (Å²) in [6, 6.07) is 10.5. The Morgan fingerprint density at radius 2 is 2.10 bits per heavy atom. The molecule has 6 heteroatoms. The Morgan fingerprint density at radius 3 is 2.90 bits per heavy atom. The fourth-order valence-corrected chi connectivity index (χ4v) is 2.87. The molecule has 3 rings (SSSR count). The van der Waals surface area contributed by atoms with Crippen molar-refractivity contribution in [3.8, 4) is 5.88 Å². The molecule has 1 aliphatic heterocycles. The molecule has 0 bridgehead atoms. The van der Waals surface area contributed by atoms with Crippen molar-refractivity contribution < 1.29 is 4.74 Å². The maximum atomic E-state index is 5.95. The van der Waals surface area contributed by atoms with E-state index in [-0.39, 0.29) is 6.10 Å². The SMILES string of the molecule is Clc1ncnc(OC2CCN(Cc3ccccc3)C2)c1Br. The summed E-state index contributed by atoms with van der Waals surface area (Å²) < 4.78 is 6.55. The van der Waals surface area contributed by atoms with Gasteiger partial charge in [0, 0.05) is 19.6 Å². The summed E-state index contributed by atoms with van der Waals surface area (Å²) >= 11 is 9.31. The van der Waals surface area contributed by atoms with Gasteiger partial charge in [0.2, 0.25) is 5.88 Å². The summed E-state index contributed by atoms with van der Waals surface area (Å²) in [6.45, 7) is 2.87. The molecule has 1 atom stereocenters. The molecule has 1 aromatic heterocycles. The van der Waals surface area contributed by atoms with Gasteiger partial charge in [0.25, 0.3) is 0 Å². The van der Waals surface area contributed by atoms with Crippen LogP contribution in [0.4, 0.5) is 0 Å². The fraction of sp³-hybridized carbons (Fsp3) is 0.333. The average molecular weight is 369 g/mol. The third-order valence-corrected chi connectivity index (χ3v) is 4.70. The highest BCUT2D eigenvalue weighted by Crippen LogP contribution is 2.30. The first-order valence-electron chi connectivity index (χ1n) is 6.81. The van der Waals surface area contributed by atoms with E-state index in [0.717, 1.165) is 26.1 Å². The smallest absolute Gasteiger partial charge is 0.232 e. The van der Waals surface area contributed by atoms with Crippen LogP contribution in [0.1, 0.15) is 12.0 Å². The van der Waals surface area contributed by atoms with Crippen LogP contribution < -0.4 is 4.74 Å². The minimum absolute atomic E-state index is 0.135. The fourth-order valence-electron chi connectivity index (χ4n) is 2.45. The van der Waals surface area contributed by atoms with Crippen molar-refractivity contribution in [3.05, 3.63) is 51.8 Å². The standard InChI is InChI=1S/C15H15BrClN3O/c16-13-14(17)18-10-19-15(13)21-12-6-7-20(9-12)8-11-4-2-1-3-5-11/h1-5,10,12H,6-9H2. The molecule has 1 aliphatic rings. The van der Waals surface area contributed by atoms with E-state index >= 15 is 0 Å². The van der Waals surface area contributed by atoms with E-state index in [4.69, 9.17) is 16.3 Å². The highest BCUT2D eigenvalue weighted by Gasteiger charge is 2.25. The van der Waals surface area contributed by atoms with Crippen molar-refractivity contribution in [2.75, 3.05) is 13.1 Å². The second-order valence-corrected chi connectivity index (χ2v) is 6.18. The lowest BCUT2D eigenvalue weighted by atomic mass is 10.2. The van der Waals surface area contributed by atoms with Gasteiger partial charge in [0.1, 0.15) is 16.9 Å². The number of aromatic nitrogens is 2. The molecule has 2 heterocycles. The molecule has 21 heavy (non-hydrogen) atoms. The molecule has 0 N–H and O–H groups in total. The van der Waals surface area contributed by atoms with Crippen LogP contribution in [0, 0.1) is 0 Å². The Labute approximate surface area is 137 Å². The van der Waals surface area contributed by atoms with E-state index in [1.54, 1.807) is 0 Å². The number of hydrogen-bond donors (Lipinski definition) is 0. The van der Waals surface area contributed by atoms with Crippen molar-refractivity contribution in [2.24, 2.45) is 0 Å². The molecule has 0 radical (unpaired) electrons. The van der Waals surface area contributed by atoms with Crippen LogP contribution in [0.25, 0.3) is 0 Å². The summed E-state index contributed by atoms with van der Waals surface area (Å²) in [5.74, 6) is 0.515. The van der Waals surface area contributed by atoms with Crippen molar-refractivity contribution in [1.29, 1.82) is 0 Å². The van der Waals surface area contributed by atoms with Crippen molar-refractivity contribution in [3.63, 3.8) is 0 Å². The minimum Gasteiger partial charge on any atom is -0.472 e. The topological polar surface area (TPSA) is 38.3 Å². The van der Waals surface area contributed by atoms with Gasteiger partial charge in [0.15, 0.2) is 5.15 Å². The van der Waals surface area contributed by atoms with Gasteiger partial charge in [0.05, 0.1) is 0 Å². The first-order chi connectivity index (χ1) is 10.2. The monoisotopic (exact) mass is 367 g/mol. The van der Waals surface area contributed by atoms with E-state index < -0.39 is 0 Å². The van der Waals surface area contributed by atoms with Crippen molar-refractivity contribution >= 4 is 27.5 Å². The number of hydrogen-bond acceptors (Lipinski definition) is 4. The number of likely N-dealkylation sites (tertiary alicyclic amines) is 1. The van der Waals surface area contributed by atoms with Crippen LogP contribution in [-0.2, 0) is 6.54 Å². The van der Waals surface area contributed by atoms with Gasteiger partial charge in [-0.25, -0.2) is 9.97 Å². The van der Waals surface area contributed by atoms with Gasteiger partial charge in [-0.05, 0) is 27.9 Å². The highest BCUT2D eigenvalue weighted by atomic mass is 79.9. The molecule has 110 valence electrons. The quantitative estimate of drug-likeness (QED) is 0.774. The average Bonchev–Trinajstić information content (AvgIpc) is 2.92. The molecule has 4 nitrogen and oxygen atoms in total. The number of nitrogens with zero attached hydrogens (tertiary/aromatic N) is 3. The first-order valence-corrected chi connectivity index (χ1v) is 7.98. The number of benzene rings is 1. The van der Waals surface area contributed by atoms with Gasteiger partial charge >= 0.3 is 0 Å². The largest absolute Gasteiger partial charge is 0.472 e. The molecule has 0 spiro atoms. The molecule has 1 unspecified atom stereocenters. The van der Waals surface area contributed by atoms with Gasteiger partial charge in [-0.15, -0.1) is 0 Å². The van der Waals surface area contributed by atoms with Gasteiger partial charge in [-0.3, -0.25) is 4.90 Å². The van der Waals surface area contributed by atoms with Crippen LogP contribution in [0.3, 0.4) is 0 Å².